The van der Waals surface area contributed by atoms with Crippen molar-refractivity contribution in [3.8, 4) is 0 Å². The van der Waals surface area contributed by atoms with Crippen LogP contribution in [0.25, 0.3) is 0 Å². The number of esters is 3. The predicted octanol–water partition coefficient (Wildman–Crippen LogP) is 22.4. The van der Waals surface area contributed by atoms with Crippen LogP contribution in [0.1, 0.15) is 316 Å². The summed E-state index contributed by atoms with van der Waals surface area (Å²) in [6, 6.07) is 0. The van der Waals surface area contributed by atoms with Crippen LogP contribution in [-0.2, 0) is 28.6 Å². The number of ether oxygens (including phenoxy) is 3. The Hall–Kier alpha value is -3.67. The maximum Gasteiger partial charge on any atom is 0.306 e. The molecular formula is C71H122O6. The molecule has 0 aromatic rings. The van der Waals surface area contributed by atoms with Gasteiger partial charge in [0.1, 0.15) is 13.2 Å². The third-order valence-electron chi connectivity index (χ3n) is 14.1. The van der Waals surface area contributed by atoms with Crippen molar-refractivity contribution >= 4 is 17.9 Å². The zero-order chi connectivity index (χ0) is 55.7. The Balaban J connectivity index is 4.25. The largest absolute Gasteiger partial charge is 0.462 e. The third-order valence-corrected chi connectivity index (χ3v) is 14.1. The average molecular weight is 1070 g/mol. The Kier molecular flexibility index (Phi) is 61.8. The minimum atomic E-state index is -0.789. The normalized spacial score (nSPS) is 12.7. The van der Waals surface area contributed by atoms with Crippen LogP contribution in [0.4, 0.5) is 0 Å². The highest BCUT2D eigenvalue weighted by molar-refractivity contribution is 5.71. The summed E-state index contributed by atoms with van der Waals surface area (Å²) in [5.41, 5.74) is 0. The van der Waals surface area contributed by atoms with Crippen LogP contribution in [0.15, 0.2) is 97.2 Å². The minimum absolute atomic E-state index is 0.0844. The van der Waals surface area contributed by atoms with Crippen molar-refractivity contribution in [2.45, 2.75) is 322 Å². The highest BCUT2D eigenvalue weighted by atomic mass is 16.6. The van der Waals surface area contributed by atoms with E-state index in [0.29, 0.717) is 19.3 Å². The van der Waals surface area contributed by atoms with Crippen LogP contribution in [0.2, 0.25) is 0 Å². The van der Waals surface area contributed by atoms with Gasteiger partial charge < -0.3 is 14.2 Å². The van der Waals surface area contributed by atoms with Crippen molar-refractivity contribution in [1.82, 2.24) is 0 Å². The first-order valence-corrected chi connectivity index (χ1v) is 32.7. The van der Waals surface area contributed by atoms with Crippen LogP contribution in [0.5, 0.6) is 0 Å². The molecule has 6 nitrogen and oxygen atoms in total. The highest BCUT2D eigenvalue weighted by Gasteiger charge is 2.19. The summed E-state index contributed by atoms with van der Waals surface area (Å²) in [5.74, 6) is -0.902. The smallest absolute Gasteiger partial charge is 0.306 e. The van der Waals surface area contributed by atoms with Gasteiger partial charge in [-0.2, -0.15) is 0 Å². The van der Waals surface area contributed by atoms with Gasteiger partial charge in [-0.3, -0.25) is 14.4 Å². The lowest BCUT2D eigenvalue weighted by Gasteiger charge is -2.18. The molecule has 442 valence electrons. The number of carbonyl (C=O) groups is 3. The summed E-state index contributed by atoms with van der Waals surface area (Å²) in [6.07, 6.45) is 87.1. The molecule has 0 aliphatic carbocycles. The van der Waals surface area contributed by atoms with E-state index < -0.39 is 6.10 Å². The number of unbranched alkanes of at least 4 members (excludes halogenated alkanes) is 32. The zero-order valence-electron chi connectivity index (χ0n) is 50.7. The molecule has 0 bridgehead atoms. The Labute approximate surface area is 477 Å². The molecule has 0 saturated heterocycles. The Morgan fingerprint density at radius 3 is 0.805 bits per heavy atom. The van der Waals surface area contributed by atoms with E-state index in [1.165, 1.54) is 161 Å². The van der Waals surface area contributed by atoms with E-state index in [2.05, 4.69) is 118 Å². The Morgan fingerprint density at radius 2 is 0.506 bits per heavy atom. The maximum absolute atomic E-state index is 12.9. The molecule has 77 heavy (non-hydrogen) atoms. The molecule has 0 rings (SSSR count). The van der Waals surface area contributed by atoms with Crippen molar-refractivity contribution in [1.29, 1.82) is 0 Å². The van der Waals surface area contributed by atoms with Crippen LogP contribution < -0.4 is 0 Å². The second-order valence-corrected chi connectivity index (χ2v) is 21.6. The molecule has 6 heteroatoms. The van der Waals surface area contributed by atoms with E-state index in [-0.39, 0.29) is 31.1 Å². The van der Waals surface area contributed by atoms with Gasteiger partial charge in [0.05, 0.1) is 0 Å². The molecule has 0 aromatic carbocycles. The lowest BCUT2D eigenvalue weighted by Crippen LogP contribution is -2.30. The number of rotatable bonds is 59. The van der Waals surface area contributed by atoms with Gasteiger partial charge in [0.15, 0.2) is 6.10 Å². The van der Waals surface area contributed by atoms with Gasteiger partial charge in [-0.1, -0.05) is 298 Å². The molecule has 0 radical (unpaired) electrons. The van der Waals surface area contributed by atoms with Gasteiger partial charge in [0, 0.05) is 19.3 Å². The summed E-state index contributed by atoms with van der Waals surface area (Å²) in [4.78, 5) is 38.3. The van der Waals surface area contributed by atoms with Crippen LogP contribution in [0, 0.1) is 0 Å². The molecule has 0 aromatic heterocycles. The van der Waals surface area contributed by atoms with E-state index in [9.17, 15) is 14.4 Å². The average Bonchev–Trinajstić information content (AvgIpc) is 3.43. The first kappa shape index (κ1) is 73.3. The maximum atomic E-state index is 12.9. The van der Waals surface area contributed by atoms with Crippen LogP contribution in [-0.4, -0.2) is 37.2 Å². The number of hydrogen-bond acceptors (Lipinski definition) is 6. The molecule has 0 N–H and O–H groups in total. The van der Waals surface area contributed by atoms with E-state index in [4.69, 9.17) is 14.2 Å². The second-order valence-electron chi connectivity index (χ2n) is 21.6. The topological polar surface area (TPSA) is 78.9 Å². The van der Waals surface area contributed by atoms with Crippen LogP contribution >= 0.6 is 0 Å². The molecule has 0 heterocycles. The predicted molar refractivity (Wildman–Crippen MR) is 334 cm³/mol. The molecule has 0 spiro atoms. The molecule has 1 atom stereocenters. The van der Waals surface area contributed by atoms with Crippen molar-refractivity contribution in [2.24, 2.45) is 0 Å². The first-order chi connectivity index (χ1) is 38.0. The highest BCUT2D eigenvalue weighted by Crippen LogP contribution is 2.17. The Morgan fingerprint density at radius 1 is 0.273 bits per heavy atom. The van der Waals surface area contributed by atoms with Gasteiger partial charge in [-0.05, 0) is 96.3 Å². The summed E-state index contributed by atoms with van der Waals surface area (Å²) in [6.45, 7) is 6.42. The molecule has 1 unspecified atom stereocenters. The fraction of sp³-hybridized carbons (Fsp3) is 0.732. The summed E-state index contributed by atoms with van der Waals surface area (Å²) in [5, 5.41) is 0. The van der Waals surface area contributed by atoms with Crippen molar-refractivity contribution in [3.63, 3.8) is 0 Å². The van der Waals surface area contributed by atoms with Gasteiger partial charge in [0.2, 0.25) is 0 Å². The summed E-state index contributed by atoms with van der Waals surface area (Å²) < 4.78 is 16.9. The molecular weight excluding hydrogens is 949 g/mol. The molecule has 0 amide bonds. The molecule has 0 aliphatic rings. The summed E-state index contributed by atoms with van der Waals surface area (Å²) in [7, 11) is 0. The first-order valence-electron chi connectivity index (χ1n) is 32.7. The lowest BCUT2D eigenvalue weighted by molar-refractivity contribution is -0.167. The SMILES string of the molecule is CC/C=C\C/C=C\C/C=C\C/C=C\C/C=C\CCCCCCCCCCCCCCCC(=O)OCC(COC(=O)CCCCC/C=C\C/C=C\C/C=C\CC)OC(=O)CCCCCCCCCCCCCCCCCCC. The van der Waals surface area contributed by atoms with Gasteiger partial charge >= 0.3 is 17.9 Å². The van der Waals surface area contributed by atoms with Crippen molar-refractivity contribution in [2.75, 3.05) is 13.2 Å². The molecule has 0 saturated carbocycles. The number of hydrogen-bond donors (Lipinski definition) is 0. The van der Waals surface area contributed by atoms with E-state index in [0.717, 1.165) is 116 Å². The van der Waals surface area contributed by atoms with Gasteiger partial charge in [-0.15, -0.1) is 0 Å². The van der Waals surface area contributed by atoms with Crippen molar-refractivity contribution < 1.29 is 28.6 Å². The van der Waals surface area contributed by atoms with E-state index >= 15 is 0 Å². The monoisotopic (exact) mass is 1070 g/mol. The fourth-order valence-corrected chi connectivity index (χ4v) is 9.25. The molecule has 0 fully saturated rings. The number of carbonyl (C=O) groups excluding carboxylic acids is 3. The van der Waals surface area contributed by atoms with Gasteiger partial charge in [-0.25, -0.2) is 0 Å². The van der Waals surface area contributed by atoms with E-state index in [1.54, 1.807) is 0 Å². The Bertz CT molecular complexity index is 1510. The number of allylic oxidation sites excluding steroid dienone is 16. The van der Waals surface area contributed by atoms with Crippen LogP contribution in [0.3, 0.4) is 0 Å². The van der Waals surface area contributed by atoms with E-state index in [1.807, 2.05) is 0 Å². The zero-order valence-corrected chi connectivity index (χ0v) is 50.7. The third kappa shape index (κ3) is 63.0. The summed E-state index contributed by atoms with van der Waals surface area (Å²) >= 11 is 0. The standard InChI is InChI=1S/C71H122O6/c1-4-7-10-13-16-19-22-25-27-29-30-31-32-33-34-35-36-37-38-39-40-42-43-46-49-52-55-58-61-64-70(73)76-67-68(66-75-69(72)63-60-57-54-51-48-45-24-21-18-15-12-9-6-3)77-71(74)65-62-59-56-53-50-47-44-41-28-26-23-20-17-14-11-8-5-2/h7,9-10,12,16,18-19,21,25,27,30-31,33-34,45,48,68H,4-6,8,11,13-15,17,20,22-24,26,28-29,32,35-44,46-47,49-67H2,1-3H3/b10-7-,12-9-,19-16-,21-18-,27-25-,31-30-,34-33-,48-45-. The van der Waals surface area contributed by atoms with Crippen molar-refractivity contribution in [3.05, 3.63) is 97.2 Å². The molecule has 0 aliphatic heterocycles. The lowest BCUT2D eigenvalue weighted by atomic mass is 10.0. The fourth-order valence-electron chi connectivity index (χ4n) is 9.25. The second kappa shape index (κ2) is 64.9. The van der Waals surface area contributed by atoms with Gasteiger partial charge in [0.25, 0.3) is 0 Å². The quantitative estimate of drug-likeness (QED) is 0.0261. The minimum Gasteiger partial charge on any atom is -0.462 e.